The number of fused-ring (bicyclic) bond motifs is 1. The maximum Gasteiger partial charge on any atom is 0.263 e. The summed E-state index contributed by atoms with van der Waals surface area (Å²) in [6, 6.07) is 11.1. The van der Waals surface area contributed by atoms with E-state index in [1.807, 2.05) is 37.3 Å². The van der Waals surface area contributed by atoms with Gasteiger partial charge in [0.15, 0.2) is 0 Å². The van der Waals surface area contributed by atoms with Crippen molar-refractivity contribution in [1.82, 2.24) is 20.2 Å². The minimum atomic E-state index is -2.68. The Morgan fingerprint density at radius 3 is 2.72 bits per heavy atom. The van der Waals surface area contributed by atoms with Crippen molar-refractivity contribution >= 4 is 34.2 Å². The van der Waals surface area contributed by atoms with Crippen molar-refractivity contribution in [2.75, 3.05) is 13.1 Å². The van der Waals surface area contributed by atoms with Crippen molar-refractivity contribution in [3.63, 3.8) is 0 Å². The van der Waals surface area contributed by atoms with Crippen LogP contribution in [0.5, 0.6) is 0 Å². The second-order valence-electron chi connectivity index (χ2n) is 8.67. The third kappa shape index (κ3) is 4.13. The number of nitrogens with zero attached hydrogens (tertiary/aromatic N) is 2. The van der Waals surface area contributed by atoms with E-state index in [1.165, 1.54) is 16.2 Å². The molecule has 1 aliphatic heterocycles. The maximum atomic E-state index is 13.4. The molecule has 0 spiro atoms. The molecule has 1 saturated heterocycles. The van der Waals surface area contributed by atoms with Crippen LogP contribution in [0, 0.1) is 5.92 Å². The smallest absolute Gasteiger partial charge is 0.263 e. The fourth-order valence-electron chi connectivity index (χ4n) is 4.22. The molecule has 0 radical (unpaired) electrons. The summed E-state index contributed by atoms with van der Waals surface area (Å²) in [7, 11) is 0. The predicted molar refractivity (Wildman–Crippen MR) is 118 cm³/mol. The van der Waals surface area contributed by atoms with Crippen LogP contribution in [0.1, 0.15) is 58.5 Å². The molecule has 2 N–H and O–H groups in total. The first-order valence-corrected chi connectivity index (χ1v) is 11.6. The minimum Gasteiger partial charge on any atom is -0.349 e. The van der Waals surface area contributed by atoms with Crippen LogP contribution in [0.2, 0.25) is 0 Å². The number of imidazole rings is 1. The summed E-state index contributed by atoms with van der Waals surface area (Å²) in [5.74, 6) is -2.11. The van der Waals surface area contributed by atoms with Gasteiger partial charge in [-0.15, -0.1) is 11.3 Å². The Hall–Kier alpha value is -2.81. The zero-order chi connectivity index (χ0) is 22.5. The highest BCUT2D eigenvalue weighted by molar-refractivity contribution is 7.14. The zero-order valence-corrected chi connectivity index (χ0v) is 18.4. The SMILES string of the molecule is C[C@@H](NC(=O)C1CC1c1nc2ccccc2[nH]1)c1ccc(C(=O)N2CCC(F)(F)CC2)s1. The number of para-hydroxylation sites is 2. The normalized spacial score (nSPS) is 23.2. The fraction of sp³-hybridized carbons (Fsp3) is 0.435. The van der Waals surface area contributed by atoms with Gasteiger partial charge >= 0.3 is 0 Å². The molecule has 168 valence electrons. The van der Waals surface area contributed by atoms with E-state index in [0.717, 1.165) is 28.2 Å². The summed E-state index contributed by atoms with van der Waals surface area (Å²) < 4.78 is 26.7. The Bertz CT molecular complexity index is 1130. The molecular weight excluding hydrogens is 434 g/mol. The van der Waals surface area contributed by atoms with Crippen molar-refractivity contribution in [1.29, 1.82) is 0 Å². The highest BCUT2D eigenvalue weighted by atomic mass is 32.1. The fourth-order valence-corrected chi connectivity index (χ4v) is 5.20. The lowest BCUT2D eigenvalue weighted by Crippen LogP contribution is -2.42. The number of carbonyl (C=O) groups is 2. The maximum absolute atomic E-state index is 13.4. The van der Waals surface area contributed by atoms with E-state index in [-0.39, 0.29) is 55.6 Å². The second kappa shape index (κ2) is 7.95. The first-order chi connectivity index (χ1) is 15.3. The second-order valence-corrected chi connectivity index (χ2v) is 9.78. The quantitative estimate of drug-likeness (QED) is 0.592. The number of piperidine rings is 1. The summed E-state index contributed by atoms with van der Waals surface area (Å²) in [5.41, 5.74) is 1.87. The Morgan fingerprint density at radius 2 is 1.97 bits per heavy atom. The van der Waals surface area contributed by atoms with Gasteiger partial charge in [0.25, 0.3) is 11.8 Å². The van der Waals surface area contributed by atoms with Crippen molar-refractivity contribution in [2.45, 2.75) is 44.1 Å². The molecule has 9 heteroatoms. The monoisotopic (exact) mass is 458 g/mol. The number of hydrogen-bond acceptors (Lipinski definition) is 4. The molecule has 2 aliphatic rings. The lowest BCUT2D eigenvalue weighted by Gasteiger charge is -2.31. The molecule has 2 amide bonds. The van der Waals surface area contributed by atoms with Crippen LogP contribution < -0.4 is 5.32 Å². The van der Waals surface area contributed by atoms with Gasteiger partial charge in [-0.05, 0) is 37.6 Å². The van der Waals surface area contributed by atoms with E-state index in [0.29, 0.717) is 4.88 Å². The largest absolute Gasteiger partial charge is 0.349 e. The Labute approximate surface area is 188 Å². The van der Waals surface area contributed by atoms with Crippen molar-refractivity contribution in [2.24, 2.45) is 5.92 Å². The molecule has 1 saturated carbocycles. The van der Waals surface area contributed by atoms with Crippen LogP contribution >= 0.6 is 11.3 Å². The van der Waals surface area contributed by atoms with Crippen molar-refractivity contribution in [3.05, 3.63) is 52.0 Å². The molecule has 3 heterocycles. The predicted octanol–water partition coefficient (Wildman–Crippen LogP) is 4.48. The number of benzene rings is 1. The number of aromatic nitrogens is 2. The Kier molecular flexibility index (Phi) is 5.23. The van der Waals surface area contributed by atoms with Gasteiger partial charge in [-0.25, -0.2) is 13.8 Å². The molecule has 6 nitrogen and oxygen atoms in total. The number of rotatable bonds is 5. The molecule has 32 heavy (non-hydrogen) atoms. The third-order valence-corrected chi connectivity index (χ3v) is 7.55. The van der Waals surface area contributed by atoms with Gasteiger partial charge in [0.2, 0.25) is 5.91 Å². The van der Waals surface area contributed by atoms with Gasteiger partial charge in [0, 0.05) is 42.6 Å². The van der Waals surface area contributed by atoms with E-state index in [1.54, 1.807) is 6.07 Å². The molecule has 2 fully saturated rings. The standard InChI is InChI=1S/C23H24F2N4O2S/c1-13(18-6-7-19(32-18)22(31)29-10-8-23(24,25)9-11-29)26-21(30)15-12-14(15)20-27-16-4-2-3-5-17(16)28-20/h2-7,13-15H,8-12H2,1H3,(H,26,30)(H,27,28)/t13-,14?,15?/m1/s1. The van der Waals surface area contributed by atoms with Crippen LogP contribution in [0.15, 0.2) is 36.4 Å². The van der Waals surface area contributed by atoms with Crippen LogP contribution in [-0.2, 0) is 4.79 Å². The number of likely N-dealkylation sites (tertiary alicyclic amines) is 1. The van der Waals surface area contributed by atoms with Gasteiger partial charge in [-0.2, -0.15) is 0 Å². The number of alkyl halides is 2. The average Bonchev–Trinajstić information content (AvgIpc) is 3.21. The van der Waals surface area contributed by atoms with E-state index in [4.69, 9.17) is 0 Å². The highest BCUT2D eigenvalue weighted by Crippen LogP contribution is 2.47. The number of carbonyl (C=O) groups excluding carboxylic acids is 2. The summed E-state index contributed by atoms with van der Waals surface area (Å²) in [5, 5.41) is 3.04. The van der Waals surface area contributed by atoms with E-state index in [9.17, 15) is 18.4 Å². The number of H-pyrrole nitrogens is 1. The highest BCUT2D eigenvalue weighted by Gasteiger charge is 2.46. The van der Waals surface area contributed by atoms with Gasteiger partial charge in [0.1, 0.15) is 5.82 Å². The lowest BCUT2D eigenvalue weighted by atomic mass is 10.1. The molecule has 1 aromatic carbocycles. The topological polar surface area (TPSA) is 78.1 Å². The average molecular weight is 459 g/mol. The van der Waals surface area contributed by atoms with Crippen molar-refractivity contribution in [3.8, 4) is 0 Å². The number of thiophene rings is 1. The first-order valence-electron chi connectivity index (χ1n) is 10.8. The Balaban J connectivity index is 1.18. The van der Waals surface area contributed by atoms with Crippen LogP contribution in [0.3, 0.4) is 0 Å². The van der Waals surface area contributed by atoms with Gasteiger partial charge in [-0.3, -0.25) is 9.59 Å². The van der Waals surface area contributed by atoms with Gasteiger partial charge in [0.05, 0.1) is 22.0 Å². The van der Waals surface area contributed by atoms with Gasteiger partial charge < -0.3 is 15.2 Å². The molecule has 3 aromatic rings. The number of nitrogens with one attached hydrogen (secondary N) is 2. The van der Waals surface area contributed by atoms with Gasteiger partial charge in [-0.1, -0.05) is 12.1 Å². The number of halogens is 2. The van der Waals surface area contributed by atoms with E-state index >= 15 is 0 Å². The van der Waals surface area contributed by atoms with E-state index < -0.39 is 5.92 Å². The number of aromatic amines is 1. The molecule has 0 bridgehead atoms. The van der Waals surface area contributed by atoms with E-state index in [2.05, 4.69) is 15.3 Å². The molecule has 5 rings (SSSR count). The number of hydrogen-bond donors (Lipinski definition) is 2. The summed E-state index contributed by atoms with van der Waals surface area (Å²) in [6.45, 7) is 2.02. The summed E-state index contributed by atoms with van der Waals surface area (Å²) in [6.07, 6.45) is 0.167. The van der Waals surface area contributed by atoms with Crippen LogP contribution in [-0.4, -0.2) is 45.7 Å². The number of amides is 2. The molecule has 2 aromatic heterocycles. The van der Waals surface area contributed by atoms with Crippen molar-refractivity contribution < 1.29 is 18.4 Å². The lowest BCUT2D eigenvalue weighted by molar-refractivity contribution is -0.123. The minimum absolute atomic E-state index is 0.0255. The van der Waals surface area contributed by atoms with Crippen LogP contribution in [0.4, 0.5) is 8.78 Å². The molecular formula is C23H24F2N4O2S. The molecule has 2 unspecified atom stereocenters. The third-order valence-electron chi connectivity index (χ3n) is 6.29. The zero-order valence-electron chi connectivity index (χ0n) is 17.6. The summed E-state index contributed by atoms with van der Waals surface area (Å²) >= 11 is 1.30. The first kappa shape index (κ1) is 21.1. The summed E-state index contributed by atoms with van der Waals surface area (Å²) in [4.78, 5) is 36.2. The van der Waals surface area contributed by atoms with Crippen LogP contribution in [0.25, 0.3) is 11.0 Å². The molecule has 3 atom stereocenters. The molecule has 1 aliphatic carbocycles. The Morgan fingerprint density at radius 1 is 1.22 bits per heavy atom.